The third kappa shape index (κ3) is 5.16. The maximum Gasteiger partial charge on any atom is 0.414 e. The molecule has 1 saturated heterocycles. The number of aldehydes is 1. The van der Waals surface area contributed by atoms with Crippen LogP contribution in [-0.2, 0) is 14.3 Å². The summed E-state index contributed by atoms with van der Waals surface area (Å²) in [6.07, 6.45) is 0.0936. The van der Waals surface area contributed by atoms with Crippen molar-refractivity contribution < 1.29 is 23.5 Å². The Morgan fingerprint density at radius 1 is 1.42 bits per heavy atom. The van der Waals surface area contributed by atoms with Crippen LogP contribution in [0.2, 0.25) is 0 Å². The molecule has 1 aromatic carbocycles. The van der Waals surface area contributed by atoms with Crippen molar-refractivity contribution in [2.24, 2.45) is 10.7 Å². The first-order valence-electron chi connectivity index (χ1n) is 7.96. The van der Waals surface area contributed by atoms with Gasteiger partial charge in [-0.15, -0.1) is 0 Å². The number of cyclic esters (lactones) is 1. The van der Waals surface area contributed by atoms with Gasteiger partial charge < -0.3 is 25.9 Å². The first-order chi connectivity index (χ1) is 12.5. The largest absolute Gasteiger partial charge is 0.442 e. The van der Waals surface area contributed by atoms with Crippen LogP contribution in [0.4, 0.5) is 20.6 Å². The Hall–Kier alpha value is -3.17. The number of amides is 2. The Morgan fingerprint density at radius 3 is 2.92 bits per heavy atom. The number of carbonyl (C=O) groups excluding carboxylic acids is 3. The van der Waals surface area contributed by atoms with Gasteiger partial charge in [-0.1, -0.05) is 0 Å². The fraction of sp³-hybridized carbons (Fsp3) is 0.375. The van der Waals surface area contributed by atoms with Gasteiger partial charge in [0.15, 0.2) is 0 Å². The van der Waals surface area contributed by atoms with Crippen molar-refractivity contribution in [1.29, 1.82) is 0 Å². The summed E-state index contributed by atoms with van der Waals surface area (Å²) in [5.74, 6) is -0.363. The molecule has 4 N–H and O–H groups in total. The average Bonchev–Trinajstić information content (AvgIpc) is 2.99. The fourth-order valence-corrected chi connectivity index (χ4v) is 2.34. The Bertz CT molecular complexity index is 697. The number of anilines is 2. The summed E-state index contributed by atoms with van der Waals surface area (Å²) >= 11 is 0. The number of hydrogen-bond acceptors (Lipinski definition) is 6. The second kappa shape index (κ2) is 9.35. The summed E-state index contributed by atoms with van der Waals surface area (Å²) in [6.45, 7) is 1.06. The number of nitrogens with two attached hydrogens (primary N) is 1. The number of halogens is 1. The van der Waals surface area contributed by atoms with E-state index in [1.165, 1.54) is 17.0 Å². The molecule has 26 heavy (non-hydrogen) atoms. The predicted octanol–water partition coefficient (Wildman–Crippen LogP) is 0.255. The Labute approximate surface area is 149 Å². The zero-order chi connectivity index (χ0) is 18.9. The summed E-state index contributed by atoms with van der Waals surface area (Å²) in [5.41, 5.74) is 6.14. The van der Waals surface area contributed by atoms with Gasteiger partial charge in [-0.25, -0.2) is 9.18 Å². The zero-order valence-corrected chi connectivity index (χ0v) is 14.0. The van der Waals surface area contributed by atoms with Gasteiger partial charge in [-0.2, -0.15) is 0 Å². The van der Waals surface area contributed by atoms with Gasteiger partial charge >= 0.3 is 6.09 Å². The molecule has 0 radical (unpaired) electrons. The number of nitrogens with zero attached hydrogens (tertiary/aromatic N) is 2. The van der Waals surface area contributed by atoms with Crippen molar-refractivity contribution in [3.63, 3.8) is 0 Å². The van der Waals surface area contributed by atoms with Crippen LogP contribution < -0.4 is 21.3 Å². The normalized spacial score (nSPS) is 17.0. The van der Waals surface area contributed by atoms with Crippen molar-refractivity contribution in [2.75, 3.05) is 36.4 Å². The van der Waals surface area contributed by atoms with E-state index in [1.807, 2.05) is 0 Å². The first-order valence-corrected chi connectivity index (χ1v) is 7.96. The summed E-state index contributed by atoms with van der Waals surface area (Å²) in [7, 11) is 0. The van der Waals surface area contributed by atoms with Gasteiger partial charge in [0, 0.05) is 13.1 Å². The molecule has 1 fully saturated rings. The van der Waals surface area contributed by atoms with Gasteiger partial charge in [-0.3, -0.25) is 14.7 Å². The number of aliphatic imine (C=N–C) groups is 1. The highest BCUT2D eigenvalue weighted by atomic mass is 19.1. The molecule has 10 heteroatoms. The van der Waals surface area contributed by atoms with E-state index in [0.717, 1.165) is 0 Å². The topological polar surface area (TPSA) is 126 Å². The second-order valence-electron chi connectivity index (χ2n) is 5.48. The molecule has 0 spiro atoms. The molecule has 1 aliphatic heterocycles. The maximum atomic E-state index is 14.2. The molecule has 2 rings (SSSR count). The average molecular weight is 365 g/mol. The van der Waals surface area contributed by atoms with Crippen LogP contribution in [0.25, 0.3) is 0 Å². The number of hydrogen-bond donors (Lipinski definition) is 3. The Kier molecular flexibility index (Phi) is 6.89. The zero-order valence-electron chi connectivity index (χ0n) is 14.0. The van der Waals surface area contributed by atoms with E-state index in [4.69, 9.17) is 10.5 Å². The smallest absolute Gasteiger partial charge is 0.414 e. The molecule has 9 nitrogen and oxygen atoms in total. The van der Waals surface area contributed by atoms with E-state index in [9.17, 15) is 18.8 Å². The number of ether oxygens (including phenoxy) is 1. The molecule has 1 aromatic rings. The molecule has 1 heterocycles. The van der Waals surface area contributed by atoms with Crippen LogP contribution in [0.3, 0.4) is 0 Å². The molecule has 0 aliphatic carbocycles. The summed E-state index contributed by atoms with van der Waals surface area (Å²) in [4.78, 5) is 37.8. The highest BCUT2D eigenvalue weighted by Gasteiger charge is 2.32. The Morgan fingerprint density at radius 2 is 2.23 bits per heavy atom. The molecule has 0 saturated carbocycles. The minimum atomic E-state index is -0.602. The minimum absolute atomic E-state index is 0.0203. The third-order valence-corrected chi connectivity index (χ3v) is 3.60. The molecule has 2 amide bonds. The minimum Gasteiger partial charge on any atom is -0.442 e. The van der Waals surface area contributed by atoms with Gasteiger partial charge in [0.05, 0.1) is 30.9 Å². The molecule has 1 atom stereocenters. The van der Waals surface area contributed by atoms with Crippen LogP contribution in [0.5, 0.6) is 0 Å². The quantitative estimate of drug-likeness (QED) is 0.236. The summed E-state index contributed by atoms with van der Waals surface area (Å²) in [5, 5.41) is 5.30. The number of benzene rings is 1. The molecule has 140 valence electrons. The first kappa shape index (κ1) is 19.2. The van der Waals surface area contributed by atoms with Gasteiger partial charge in [-0.05, 0) is 18.2 Å². The monoisotopic (exact) mass is 365 g/mol. The molecule has 0 bridgehead atoms. The van der Waals surface area contributed by atoms with Crippen molar-refractivity contribution in [1.82, 2.24) is 5.32 Å². The third-order valence-electron chi connectivity index (χ3n) is 3.60. The highest BCUT2D eigenvalue weighted by molar-refractivity contribution is 5.91. The SMILES string of the molecule is NC(CC=O)=NCC1CN(c2ccc(NCCNC=O)c(F)c2)C(=O)O1. The van der Waals surface area contributed by atoms with E-state index >= 15 is 0 Å². The molecular formula is C16H20FN5O4. The van der Waals surface area contributed by atoms with Gasteiger partial charge in [0.2, 0.25) is 6.41 Å². The molecule has 1 unspecified atom stereocenters. The summed E-state index contributed by atoms with van der Waals surface area (Å²) in [6, 6.07) is 4.32. The predicted molar refractivity (Wildman–Crippen MR) is 93.7 cm³/mol. The van der Waals surface area contributed by atoms with Crippen molar-refractivity contribution in [3.05, 3.63) is 24.0 Å². The Balaban J connectivity index is 1.96. The van der Waals surface area contributed by atoms with Crippen LogP contribution in [0, 0.1) is 5.82 Å². The van der Waals surface area contributed by atoms with E-state index < -0.39 is 18.0 Å². The van der Waals surface area contributed by atoms with Crippen LogP contribution in [0.1, 0.15) is 6.42 Å². The van der Waals surface area contributed by atoms with E-state index in [-0.39, 0.29) is 31.0 Å². The number of carbonyl (C=O) groups is 3. The summed E-state index contributed by atoms with van der Waals surface area (Å²) < 4.78 is 19.3. The van der Waals surface area contributed by atoms with E-state index in [0.29, 0.717) is 31.5 Å². The maximum absolute atomic E-state index is 14.2. The molecule has 1 aliphatic rings. The molecular weight excluding hydrogens is 345 g/mol. The number of amidine groups is 1. The van der Waals surface area contributed by atoms with E-state index in [1.54, 1.807) is 6.07 Å². The van der Waals surface area contributed by atoms with Crippen LogP contribution in [-0.4, -0.2) is 56.9 Å². The van der Waals surface area contributed by atoms with Crippen LogP contribution in [0.15, 0.2) is 23.2 Å². The second-order valence-corrected chi connectivity index (χ2v) is 5.48. The van der Waals surface area contributed by atoms with E-state index in [2.05, 4.69) is 15.6 Å². The van der Waals surface area contributed by atoms with Gasteiger partial charge in [0.25, 0.3) is 0 Å². The lowest BCUT2D eigenvalue weighted by Crippen LogP contribution is -2.26. The standard InChI is InChI=1S/C16H20FN5O4/c17-13-7-11(1-2-14(13)20-5-4-19-10-24)22-9-12(26-16(22)25)8-21-15(18)3-6-23/h1-2,6-7,10,12,20H,3-5,8-9H2,(H2,18,21)(H,19,24). The van der Waals surface area contributed by atoms with Crippen molar-refractivity contribution in [3.8, 4) is 0 Å². The number of rotatable bonds is 10. The molecule has 0 aromatic heterocycles. The lowest BCUT2D eigenvalue weighted by atomic mass is 10.2. The van der Waals surface area contributed by atoms with Crippen LogP contribution >= 0.6 is 0 Å². The lowest BCUT2D eigenvalue weighted by molar-refractivity contribution is -0.109. The van der Waals surface area contributed by atoms with Gasteiger partial charge in [0.1, 0.15) is 24.0 Å². The fourth-order valence-electron chi connectivity index (χ4n) is 2.34. The number of nitrogens with one attached hydrogen (secondary N) is 2. The highest BCUT2D eigenvalue weighted by Crippen LogP contribution is 2.26. The van der Waals surface area contributed by atoms with Crippen molar-refractivity contribution >= 4 is 36.0 Å². The lowest BCUT2D eigenvalue weighted by Gasteiger charge is -2.15. The van der Waals surface area contributed by atoms with Crippen molar-refractivity contribution in [2.45, 2.75) is 12.5 Å².